The van der Waals surface area contributed by atoms with Gasteiger partial charge in [-0.15, -0.1) is 0 Å². The number of allylic oxidation sites excluding steroid dienone is 2. The Balaban J connectivity index is 1.62. The van der Waals surface area contributed by atoms with Crippen molar-refractivity contribution >= 4 is 18.0 Å². The van der Waals surface area contributed by atoms with E-state index in [4.69, 9.17) is 0 Å². The van der Waals surface area contributed by atoms with Crippen molar-refractivity contribution in [2.24, 2.45) is 28.8 Å². The molecule has 2 amide bonds. The van der Waals surface area contributed by atoms with Crippen molar-refractivity contribution in [1.82, 2.24) is 5.01 Å². The van der Waals surface area contributed by atoms with Crippen LogP contribution in [0.5, 0.6) is 5.75 Å². The molecule has 1 aromatic rings. The first kappa shape index (κ1) is 13.2. The Morgan fingerprint density at radius 2 is 1.82 bits per heavy atom. The number of nitrogens with zero attached hydrogens (tertiary/aromatic N) is 2. The van der Waals surface area contributed by atoms with E-state index in [1.54, 1.807) is 18.2 Å². The molecule has 0 spiro atoms. The van der Waals surface area contributed by atoms with Crippen LogP contribution in [0.3, 0.4) is 0 Å². The summed E-state index contributed by atoms with van der Waals surface area (Å²) in [5, 5.41) is 14.9. The second-order valence-electron chi connectivity index (χ2n) is 6.29. The maximum Gasteiger partial charge on any atom is 0.254 e. The summed E-state index contributed by atoms with van der Waals surface area (Å²) < 4.78 is 0. The van der Waals surface area contributed by atoms with E-state index in [0.717, 1.165) is 17.0 Å². The maximum absolute atomic E-state index is 12.5. The number of phenolic OH excluding ortho intramolecular Hbond substituents is 1. The van der Waals surface area contributed by atoms with Gasteiger partial charge in [-0.3, -0.25) is 9.59 Å². The smallest absolute Gasteiger partial charge is 0.254 e. The highest BCUT2D eigenvalue weighted by molar-refractivity contribution is 6.06. The Hall–Kier alpha value is -2.43. The number of imide groups is 1. The molecule has 1 saturated heterocycles. The number of fused-ring (bicyclic) bond motifs is 5. The minimum atomic E-state index is -0.245. The molecule has 5 nitrogen and oxygen atoms in total. The fourth-order valence-electron chi connectivity index (χ4n) is 3.90. The topological polar surface area (TPSA) is 70.0 Å². The number of amides is 2. The normalized spacial score (nSPS) is 32.5. The van der Waals surface area contributed by atoms with Crippen molar-refractivity contribution in [2.75, 3.05) is 0 Å². The summed E-state index contributed by atoms with van der Waals surface area (Å²) in [5.74, 6) is -0.476. The third-order valence-corrected chi connectivity index (χ3v) is 4.94. The molecular weight excluding hydrogens is 280 g/mol. The van der Waals surface area contributed by atoms with Gasteiger partial charge in [0, 0.05) is 5.56 Å². The second kappa shape index (κ2) is 4.53. The summed E-state index contributed by atoms with van der Waals surface area (Å²) in [6, 6.07) is 5.12. The van der Waals surface area contributed by atoms with Crippen LogP contribution in [0.4, 0.5) is 0 Å². The highest BCUT2D eigenvalue weighted by Gasteiger charge is 2.59. The van der Waals surface area contributed by atoms with Gasteiger partial charge in [0.15, 0.2) is 0 Å². The first-order valence-electron chi connectivity index (χ1n) is 7.46. The summed E-state index contributed by atoms with van der Waals surface area (Å²) in [7, 11) is 0. The molecule has 0 unspecified atom stereocenters. The number of carbonyl (C=O) groups is 2. The SMILES string of the molecule is Cc1ccc(O)c(/C=N\N2C(=O)[C@H]3[C@H](C2=O)[C@H]2C=C[C@H]3C2)c1. The molecule has 0 aromatic heterocycles. The molecule has 4 atom stereocenters. The molecule has 4 rings (SSSR count). The van der Waals surface area contributed by atoms with Crippen molar-refractivity contribution in [3.05, 3.63) is 41.5 Å². The van der Waals surface area contributed by atoms with E-state index in [9.17, 15) is 14.7 Å². The molecule has 1 N–H and O–H groups in total. The van der Waals surface area contributed by atoms with Crippen LogP contribution in [-0.2, 0) is 9.59 Å². The molecule has 2 aliphatic carbocycles. The van der Waals surface area contributed by atoms with Gasteiger partial charge in [-0.05, 0) is 37.3 Å². The lowest BCUT2D eigenvalue weighted by atomic mass is 9.85. The lowest BCUT2D eigenvalue weighted by molar-refractivity contribution is -0.140. The molecule has 1 aromatic carbocycles. The predicted molar refractivity (Wildman–Crippen MR) is 80.0 cm³/mol. The average molecular weight is 296 g/mol. The molecular formula is C17H16N2O3. The van der Waals surface area contributed by atoms with Gasteiger partial charge in [0.25, 0.3) is 11.8 Å². The van der Waals surface area contributed by atoms with Gasteiger partial charge in [0.05, 0.1) is 18.1 Å². The lowest BCUT2D eigenvalue weighted by Gasteiger charge is -2.13. The number of carbonyl (C=O) groups excluding carboxylic acids is 2. The van der Waals surface area contributed by atoms with Crippen molar-refractivity contribution in [3.8, 4) is 5.75 Å². The van der Waals surface area contributed by atoms with Crippen LogP contribution in [0, 0.1) is 30.6 Å². The molecule has 112 valence electrons. The summed E-state index contributed by atoms with van der Waals surface area (Å²) in [6.07, 6.45) is 6.39. The minimum Gasteiger partial charge on any atom is -0.507 e. The van der Waals surface area contributed by atoms with E-state index < -0.39 is 0 Å². The van der Waals surface area contributed by atoms with Crippen LogP contribution in [0.1, 0.15) is 17.5 Å². The van der Waals surface area contributed by atoms with Crippen molar-refractivity contribution in [1.29, 1.82) is 0 Å². The van der Waals surface area contributed by atoms with E-state index in [1.807, 2.05) is 6.92 Å². The van der Waals surface area contributed by atoms with E-state index in [0.29, 0.717) is 5.56 Å². The van der Waals surface area contributed by atoms with Gasteiger partial charge in [-0.2, -0.15) is 10.1 Å². The molecule has 2 bridgehead atoms. The molecule has 1 heterocycles. The highest BCUT2D eigenvalue weighted by Crippen LogP contribution is 2.52. The number of aryl methyl sites for hydroxylation is 1. The molecule has 22 heavy (non-hydrogen) atoms. The van der Waals surface area contributed by atoms with Gasteiger partial charge < -0.3 is 5.11 Å². The number of hydrazone groups is 1. The summed E-state index contributed by atoms with van der Waals surface area (Å²) in [4.78, 5) is 24.9. The van der Waals surface area contributed by atoms with Crippen LogP contribution >= 0.6 is 0 Å². The van der Waals surface area contributed by atoms with E-state index in [2.05, 4.69) is 17.3 Å². The van der Waals surface area contributed by atoms with Gasteiger partial charge >= 0.3 is 0 Å². The largest absolute Gasteiger partial charge is 0.507 e. The van der Waals surface area contributed by atoms with Crippen molar-refractivity contribution < 1.29 is 14.7 Å². The number of benzene rings is 1. The van der Waals surface area contributed by atoms with Gasteiger partial charge in [-0.1, -0.05) is 23.8 Å². The zero-order chi connectivity index (χ0) is 15.4. The second-order valence-corrected chi connectivity index (χ2v) is 6.29. The molecule has 1 aliphatic heterocycles. The van der Waals surface area contributed by atoms with Gasteiger partial charge in [-0.25, -0.2) is 0 Å². The van der Waals surface area contributed by atoms with Crippen molar-refractivity contribution in [3.63, 3.8) is 0 Å². The number of hydrogen-bond donors (Lipinski definition) is 1. The summed E-state index contributed by atoms with van der Waals surface area (Å²) in [5.41, 5.74) is 1.47. The van der Waals surface area contributed by atoms with Gasteiger partial charge in [0.2, 0.25) is 0 Å². The summed E-state index contributed by atoms with van der Waals surface area (Å²) in [6.45, 7) is 1.90. The Morgan fingerprint density at radius 1 is 1.18 bits per heavy atom. The quantitative estimate of drug-likeness (QED) is 0.514. The zero-order valence-electron chi connectivity index (χ0n) is 12.1. The Labute approximate surface area is 127 Å². The zero-order valence-corrected chi connectivity index (χ0v) is 12.1. The first-order chi connectivity index (χ1) is 10.6. The van der Waals surface area contributed by atoms with Crippen LogP contribution in [0.25, 0.3) is 0 Å². The Kier molecular flexibility index (Phi) is 2.73. The Bertz CT molecular complexity index is 707. The minimum absolute atomic E-state index is 0.0791. The molecule has 3 aliphatic rings. The van der Waals surface area contributed by atoms with E-state index >= 15 is 0 Å². The monoisotopic (exact) mass is 296 g/mol. The standard InChI is InChI=1S/C17H16N2O3/c1-9-2-5-13(20)12(6-9)8-18-19-16(21)14-10-3-4-11(7-10)15(14)17(19)22/h2-6,8,10-11,14-15,20H,7H2,1H3/b18-8-/t10-,11-,14+,15+/m0/s1. The van der Waals surface area contributed by atoms with Crippen LogP contribution in [-0.4, -0.2) is 28.1 Å². The lowest BCUT2D eigenvalue weighted by Crippen LogP contribution is -2.28. The van der Waals surface area contributed by atoms with Gasteiger partial charge in [0.1, 0.15) is 5.75 Å². The summed E-state index contributed by atoms with van der Waals surface area (Å²) >= 11 is 0. The maximum atomic E-state index is 12.5. The number of rotatable bonds is 2. The Morgan fingerprint density at radius 3 is 2.45 bits per heavy atom. The molecule has 1 saturated carbocycles. The first-order valence-corrected chi connectivity index (χ1v) is 7.46. The van der Waals surface area contributed by atoms with Crippen LogP contribution in [0.15, 0.2) is 35.5 Å². The average Bonchev–Trinajstić information content (AvgIpc) is 3.16. The molecule has 2 fully saturated rings. The van der Waals surface area contributed by atoms with Crippen LogP contribution in [0.2, 0.25) is 0 Å². The number of hydrogen-bond acceptors (Lipinski definition) is 4. The molecule has 5 heteroatoms. The highest BCUT2D eigenvalue weighted by atomic mass is 16.3. The van der Waals surface area contributed by atoms with Crippen molar-refractivity contribution in [2.45, 2.75) is 13.3 Å². The predicted octanol–water partition coefficient (Wildman–Crippen LogP) is 1.84. The van der Waals surface area contributed by atoms with E-state index in [-0.39, 0.29) is 41.2 Å². The fourth-order valence-corrected chi connectivity index (χ4v) is 3.90. The molecule has 0 radical (unpaired) electrons. The third-order valence-electron chi connectivity index (χ3n) is 4.94. The third kappa shape index (κ3) is 1.75. The number of phenols is 1. The van der Waals surface area contributed by atoms with E-state index in [1.165, 1.54) is 6.21 Å². The number of aromatic hydroxyl groups is 1. The fraction of sp³-hybridized carbons (Fsp3) is 0.353. The van der Waals surface area contributed by atoms with Crippen LogP contribution < -0.4 is 0 Å².